The number of nitrogens with two attached hydrogens (primary N) is 1. The van der Waals surface area contributed by atoms with Crippen molar-refractivity contribution in [3.05, 3.63) is 0 Å². The molecule has 0 saturated carbocycles. The summed E-state index contributed by atoms with van der Waals surface area (Å²) in [5.41, 5.74) is 4.20. The first-order valence-corrected chi connectivity index (χ1v) is 4.76. The molecule has 0 aromatic rings. The highest BCUT2D eigenvalue weighted by molar-refractivity contribution is 5.85. The zero-order valence-electron chi connectivity index (χ0n) is 9.77. The Morgan fingerprint density at radius 3 is 2.00 bits per heavy atom. The summed E-state index contributed by atoms with van der Waals surface area (Å²) in [7, 11) is 0. The van der Waals surface area contributed by atoms with E-state index in [1.165, 1.54) is 6.92 Å². The molecule has 0 fully saturated rings. The Balaban J connectivity index is 0. The Kier molecular flexibility index (Phi) is 7.07. The van der Waals surface area contributed by atoms with E-state index in [4.69, 9.17) is 5.73 Å². The van der Waals surface area contributed by atoms with Crippen LogP contribution in [0.25, 0.3) is 0 Å². The van der Waals surface area contributed by atoms with Crippen LogP contribution in [-0.2, 0) is 4.79 Å². The van der Waals surface area contributed by atoms with E-state index in [1.807, 2.05) is 5.32 Å². The maximum absolute atomic E-state index is 12.7. The molecule has 0 bridgehead atoms. The topological polar surface area (TPSA) is 55.1 Å². The van der Waals surface area contributed by atoms with Gasteiger partial charge in [-0.25, -0.2) is 8.78 Å². The van der Waals surface area contributed by atoms with E-state index in [0.717, 1.165) is 0 Å². The average Bonchev–Trinajstić information content (AvgIpc) is 2.16. The van der Waals surface area contributed by atoms with Gasteiger partial charge in [0.15, 0.2) is 0 Å². The van der Waals surface area contributed by atoms with Crippen molar-refractivity contribution in [2.75, 3.05) is 6.54 Å². The van der Waals surface area contributed by atoms with Gasteiger partial charge in [0.1, 0.15) is 0 Å². The van der Waals surface area contributed by atoms with Crippen LogP contribution in [0.4, 0.5) is 17.6 Å². The lowest BCUT2D eigenvalue weighted by atomic mass is 9.88. The van der Waals surface area contributed by atoms with Crippen molar-refractivity contribution in [2.24, 2.45) is 11.7 Å². The van der Waals surface area contributed by atoms with E-state index >= 15 is 0 Å². The number of carbonyl (C=O) groups excluding carboxylic acids is 1. The number of carbonyl (C=O) groups is 1. The number of hydrogen-bond acceptors (Lipinski definition) is 2. The van der Waals surface area contributed by atoms with Crippen molar-refractivity contribution in [1.82, 2.24) is 5.32 Å². The summed E-state index contributed by atoms with van der Waals surface area (Å²) in [6, 6.07) is 0. The number of hydrogen-bond donors (Lipinski definition) is 2. The molecule has 1 atom stereocenters. The number of amides is 1. The third kappa shape index (κ3) is 4.31. The molecule has 0 aliphatic heterocycles. The summed E-state index contributed by atoms with van der Waals surface area (Å²) >= 11 is 0. The van der Waals surface area contributed by atoms with Gasteiger partial charge in [-0.2, -0.15) is 8.78 Å². The lowest BCUT2D eigenvalue weighted by Gasteiger charge is -2.34. The Morgan fingerprint density at radius 2 is 1.76 bits per heavy atom. The Labute approximate surface area is 104 Å². The lowest BCUT2D eigenvalue weighted by Crippen LogP contribution is -2.60. The first-order valence-electron chi connectivity index (χ1n) is 4.76. The predicted octanol–water partition coefficient (Wildman–Crippen LogP) is 1.80. The number of halogens is 5. The van der Waals surface area contributed by atoms with Crippen molar-refractivity contribution in [2.45, 2.75) is 38.7 Å². The maximum Gasteiger partial charge on any atom is 0.383 e. The van der Waals surface area contributed by atoms with E-state index < -0.39 is 23.8 Å². The minimum Gasteiger partial charge on any atom is -0.344 e. The molecule has 1 amide bonds. The van der Waals surface area contributed by atoms with Crippen LogP contribution in [0.1, 0.15) is 20.8 Å². The van der Waals surface area contributed by atoms with Crippen LogP contribution in [0.3, 0.4) is 0 Å². The second kappa shape index (κ2) is 6.39. The molecule has 0 aliphatic rings. The van der Waals surface area contributed by atoms with Gasteiger partial charge >= 0.3 is 12.3 Å². The van der Waals surface area contributed by atoms with Gasteiger partial charge in [-0.1, -0.05) is 13.8 Å². The Bertz CT molecular complexity index is 263. The summed E-state index contributed by atoms with van der Waals surface area (Å²) in [4.78, 5) is 11.0. The van der Waals surface area contributed by atoms with Crippen molar-refractivity contribution in [3.8, 4) is 0 Å². The fourth-order valence-electron chi connectivity index (χ4n) is 0.873. The number of rotatable bonds is 5. The van der Waals surface area contributed by atoms with Crippen LogP contribution >= 0.6 is 12.4 Å². The summed E-state index contributed by atoms with van der Waals surface area (Å²) in [6.07, 6.45) is -4.03. The van der Waals surface area contributed by atoms with Gasteiger partial charge in [-0.05, 0) is 12.8 Å². The molecule has 0 aromatic heterocycles. The van der Waals surface area contributed by atoms with Crippen LogP contribution in [0.15, 0.2) is 0 Å². The van der Waals surface area contributed by atoms with E-state index in [0.29, 0.717) is 0 Å². The number of nitrogens with one attached hydrogen (secondary N) is 1. The molecule has 0 heterocycles. The zero-order valence-corrected chi connectivity index (χ0v) is 10.6. The van der Waals surface area contributed by atoms with Crippen LogP contribution in [0, 0.1) is 5.92 Å². The van der Waals surface area contributed by atoms with Gasteiger partial charge in [0.25, 0.3) is 5.91 Å². The molecule has 104 valence electrons. The average molecular weight is 281 g/mol. The van der Waals surface area contributed by atoms with Gasteiger partial charge in [0, 0.05) is 6.54 Å². The molecule has 0 aromatic carbocycles. The Morgan fingerprint density at radius 1 is 1.35 bits per heavy atom. The van der Waals surface area contributed by atoms with Crippen molar-refractivity contribution < 1.29 is 22.4 Å². The van der Waals surface area contributed by atoms with Crippen molar-refractivity contribution in [3.63, 3.8) is 0 Å². The van der Waals surface area contributed by atoms with E-state index in [1.54, 1.807) is 13.8 Å². The van der Waals surface area contributed by atoms with Crippen molar-refractivity contribution >= 4 is 18.3 Å². The second-order valence-corrected chi connectivity index (χ2v) is 4.15. The third-order valence-corrected chi connectivity index (χ3v) is 2.67. The molecule has 0 radical (unpaired) electrons. The van der Waals surface area contributed by atoms with Crippen LogP contribution in [0.2, 0.25) is 0 Å². The molecule has 0 saturated heterocycles. The third-order valence-electron chi connectivity index (χ3n) is 2.67. The predicted molar refractivity (Wildman–Crippen MR) is 58.6 cm³/mol. The normalized spacial score (nSPS) is 15.4. The van der Waals surface area contributed by atoms with Gasteiger partial charge < -0.3 is 11.1 Å². The van der Waals surface area contributed by atoms with Gasteiger partial charge in [-0.3, -0.25) is 4.79 Å². The summed E-state index contributed by atoms with van der Waals surface area (Å²) in [6.45, 7) is 4.61. The SMILES string of the molecule is CC(C)C(C)(CN)NC(=O)C(F)(F)C(F)F.Cl. The molecule has 0 rings (SSSR count). The standard InChI is InChI=1S/C9H16F4N2O.ClH/c1-5(2)8(3,4-14)15-7(16)9(12,13)6(10)11;/h5-6H,4,14H2,1-3H3,(H,15,16);1H. The quantitative estimate of drug-likeness (QED) is 0.755. The largest absolute Gasteiger partial charge is 0.383 e. The summed E-state index contributed by atoms with van der Waals surface area (Å²) < 4.78 is 49.1. The molecule has 1 unspecified atom stereocenters. The van der Waals surface area contributed by atoms with Crippen LogP contribution in [0.5, 0.6) is 0 Å². The highest BCUT2D eigenvalue weighted by Gasteiger charge is 2.50. The van der Waals surface area contributed by atoms with E-state index in [2.05, 4.69) is 0 Å². The lowest BCUT2D eigenvalue weighted by molar-refractivity contribution is -0.171. The molecule has 3 nitrogen and oxygen atoms in total. The monoisotopic (exact) mass is 280 g/mol. The van der Waals surface area contributed by atoms with Gasteiger partial charge in [0.05, 0.1) is 5.54 Å². The number of alkyl halides is 4. The van der Waals surface area contributed by atoms with Crippen molar-refractivity contribution in [1.29, 1.82) is 0 Å². The first kappa shape index (κ1) is 18.8. The minimum absolute atomic E-state index is 0. The molecule has 8 heteroatoms. The van der Waals surface area contributed by atoms with E-state index in [9.17, 15) is 22.4 Å². The molecule has 3 N–H and O–H groups in total. The van der Waals surface area contributed by atoms with Crippen LogP contribution < -0.4 is 11.1 Å². The minimum atomic E-state index is -4.69. The molecule has 17 heavy (non-hydrogen) atoms. The molecular formula is C9H17ClF4N2O. The second-order valence-electron chi connectivity index (χ2n) is 4.15. The fourth-order valence-corrected chi connectivity index (χ4v) is 0.873. The van der Waals surface area contributed by atoms with Gasteiger partial charge in [0.2, 0.25) is 0 Å². The summed E-state index contributed by atoms with van der Waals surface area (Å²) in [5.74, 6) is -6.94. The summed E-state index contributed by atoms with van der Waals surface area (Å²) in [5, 5.41) is 1.87. The smallest absolute Gasteiger partial charge is 0.344 e. The fraction of sp³-hybridized carbons (Fsp3) is 0.889. The van der Waals surface area contributed by atoms with E-state index in [-0.39, 0.29) is 24.9 Å². The highest BCUT2D eigenvalue weighted by atomic mass is 35.5. The van der Waals surface area contributed by atoms with Crippen LogP contribution in [-0.4, -0.2) is 30.3 Å². The molecule has 0 spiro atoms. The molecular weight excluding hydrogens is 264 g/mol. The van der Waals surface area contributed by atoms with Gasteiger partial charge in [-0.15, -0.1) is 12.4 Å². The first-order chi connectivity index (χ1) is 7.08. The maximum atomic E-state index is 12.7. The zero-order chi connectivity index (χ0) is 13.1. The highest BCUT2D eigenvalue weighted by Crippen LogP contribution is 2.25. The molecule has 0 aliphatic carbocycles. The Hall–Kier alpha value is -0.560.